The molecule has 1 aliphatic rings. The Morgan fingerprint density at radius 1 is 1.24 bits per heavy atom. The van der Waals surface area contributed by atoms with Crippen LogP contribution in [0.25, 0.3) is 10.2 Å². The molecule has 3 nitrogen and oxygen atoms in total. The molecular formula is C17H23N3S. The topological polar surface area (TPSA) is 29.6 Å². The van der Waals surface area contributed by atoms with Crippen molar-refractivity contribution in [3.8, 4) is 0 Å². The van der Waals surface area contributed by atoms with Crippen molar-refractivity contribution in [1.29, 1.82) is 0 Å². The molecule has 0 N–H and O–H groups in total. The summed E-state index contributed by atoms with van der Waals surface area (Å²) in [7, 11) is 2.06. The van der Waals surface area contributed by atoms with Gasteiger partial charge in [0.25, 0.3) is 0 Å². The van der Waals surface area contributed by atoms with Crippen LogP contribution in [0.1, 0.15) is 40.0 Å². The van der Waals surface area contributed by atoms with Gasteiger partial charge in [-0.1, -0.05) is 44.2 Å². The first-order valence-electron chi connectivity index (χ1n) is 7.59. The zero-order valence-electron chi connectivity index (χ0n) is 13.3. The Kier molecular flexibility index (Phi) is 3.74. The Bertz CT molecular complexity index is 749. The molecule has 1 saturated carbocycles. The van der Waals surface area contributed by atoms with Crippen molar-refractivity contribution < 1.29 is 0 Å². The number of para-hydroxylation sites is 1. The van der Waals surface area contributed by atoms with E-state index in [0.717, 1.165) is 17.6 Å². The maximum absolute atomic E-state index is 4.59. The van der Waals surface area contributed by atoms with Crippen LogP contribution in [-0.4, -0.2) is 10.3 Å². The lowest BCUT2D eigenvalue weighted by Crippen LogP contribution is -2.27. The van der Waals surface area contributed by atoms with Crippen LogP contribution >= 0.6 is 11.3 Å². The van der Waals surface area contributed by atoms with E-state index in [2.05, 4.69) is 66.9 Å². The number of aromatic nitrogens is 1. The molecule has 2 aromatic rings. The summed E-state index contributed by atoms with van der Waals surface area (Å²) < 4.78 is 3.39. The first kappa shape index (κ1) is 14.5. The van der Waals surface area contributed by atoms with Crippen molar-refractivity contribution >= 4 is 27.3 Å². The third-order valence-electron chi connectivity index (χ3n) is 4.16. The van der Waals surface area contributed by atoms with Crippen molar-refractivity contribution in [3.05, 3.63) is 29.1 Å². The lowest BCUT2D eigenvalue weighted by molar-refractivity contribution is 0.265. The molecular weight excluding hydrogens is 278 g/mol. The van der Waals surface area contributed by atoms with E-state index in [1.807, 2.05) is 0 Å². The fraction of sp³-hybridized carbons (Fsp3) is 0.529. The number of rotatable bonds is 1. The Labute approximate surface area is 130 Å². The van der Waals surface area contributed by atoms with Crippen LogP contribution in [0.4, 0.5) is 0 Å². The summed E-state index contributed by atoms with van der Waals surface area (Å²) in [5.74, 6) is 0.707. The minimum atomic E-state index is 0.356. The van der Waals surface area contributed by atoms with Gasteiger partial charge in [-0.2, -0.15) is 5.10 Å². The highest BCUT2D eigenvalue weighted by atomic mass is 32.1. The first-order valence-corrected chi connectivity index (χ1v) is 8.40. The van der Waals surface area contributed by atoms with Gasteiger partial charge in [-0.05, 0) is 42.7 Å². The zero-order chi connectivity index (χ0) is 15.0. The van der Waals surface area contributed by atoms with Crippen LogP contribution in [-0.2, 0) is 7.05 Å². The van der Waals surface area contributed by atoms with Gasteiger partial charge in [-0.15, -0.1) is 5.10 Å². The van der Waals surface area contributed by atoms with Crippen molar-refractivity contribution in [2.75, 3.05) is 0 Å². The van der Waals surface area contributed by atoms with E-state index in [4.69, 9.17) is 0 Å². The van der Waals surface area contributed by atoms with Gasteiger partial charge in [0.15, 0.2) is 0 Å². The third kappa shape index (κ3) is 3.10. The summed E-state index contributed by atoms with van der Waals surface area (Å²) in [6, 6.07) is 8.40. The van der Waals surface area contributed by atoms with Gasteiger partial charge in [0, 0.05) is 12.8 Å². The van der Waals surface area contributed by atoms with Gasteiger partial charge >= 0.3 is 0 Å². The van der Waals surface area contributed by atoms with Crippen LogP contribution in [0.15, 0.2) is 34.5 Å². The second kappa shape index (κ2) is 5.41. The molecule has 0 radical (unpaired) electrons. The predicted octanol–water partition coefficient (Wildman–Crippen LogP) is 4.34. The second-order valence-electron chi connectivity index (χ2n) is 7.03. The largest absolute Gasteiger partial charge is 0.318 e. The average Bonchev–Trinajstić information content (AvgIpc) is 2.72. The van der Waals surface area contributed by atoms with Crippen LogP contribution in [0, 0.1) is 11.3 Å². The highest BCUT2D eigenvalue weighted by Crippen LogP contribution is 2.37. The standard InChI is InChI=1S/C17H23N3S/c1-12-9-13(11-17(2,3)10-12)18-19-16-20(4)14-7-5-6-8-15(14)21-16/h5-8,12H,9-11H2,1-4H3/b18-13+,19-16+/t12-/m1/s1. The van der Waals surface area contributed by atoms with Gasteiger partial charge in [0.1, 0.15) is 0 Å². The van der Waals surface area contributed by atoms with Crippen molar-refractivity contribution in [2.45, 2.75) is 40.0 Å². The quantitative estimate of drug-likeness (QED) is 0.701. The number of hydrogen-bond donors (Lipinski definition) is 0. The third-order valence-corrected chi connectivity index (χ3v) is 5.26. The molecule has 21 heavy (non-hydrogen) atoms. The molecule has 0 unspecified atom stereocenters. The number of aryl methyl sites for hydroxylation is 1. The van der Waals surface area contributed by atoms with Gasteiger partial charge in [-0.25, -0.2) is 0 Å². The summed E-state index contributed by atoms with van der Waals surface area (Å²) in [6.45, 7) is 6.98. The van der Waals surface area contributed by atoms with Crippen molar-refractivity contribution in [1.82, 2.24) is 4.57 Å². The highest BCUT2D eigenvalue weighted by molar-refractivity contribution is 7.16. The van der Waals surface area contributed by atoms with Gasteiger partial charge in [-0.3, -0.25) is 0 Å². The van der Waals surface area contributed by atoms with E-state index < -0.39 is 0 Å². The van der Waals surface area contributed by atoms with Crippen LogP contribution in [0.3, 0.4) is 0 Å². The molecule has 112 valence electrons. The lowest BCUT2D eigenvalue weighted by atomic mass is 9.72. The molecule has 1 aromatic carbocycles. The van der Waals surface area contributed by atoms with Crippen LogP contribution < -0.4 is 4.80 Å². The molecule has 3 rings (SSSR count). The number of nitrogens with zero attached hydrogens (tertiary/aromatic N) is 3. The molecule has 0 aliphatic heterocycles. The molecule has 1 heterocycles. The molecule has 4 heteroatoms. The second-order valence-corrected chi connectivity index (χ2v) is 8.04. The van der Waals surface area contributed by atoms with E-state index >= 15 is 0 Å². The lowest BCUT2D eigenvalue weighted by Gasteiger charge is -2.33. The minimum absolute atomic E-state index is 0.356. The number of hydrogen-bond acceptors (Lipinski definition) is 3. The number of fused-ring (bicyclic) bond motifs is 1. The zero-order valence-corrected chi connectivity index (χ0v) is 14.1. The molecule has 1 aromatic heterocycles. The minimum Gasteiger partial charge on any atom is -0.318 e. The van der Waals surface area contributed by atoms with Crippen LogP contribution in [0.2, 0.25) is 0 Å². The summed E-state index contributed by atoms with van der Waals surface area (Å²) in [6.07, 6.45) is 3.43. The van der Waals surface area contributed by atoms with Crippen molar-refractivity contribution in [3.63, 3.8) is 0 Å². The maximum atomic E-state index is 4.59. The SMILES string of the molecule is C[C@@H]1C/C(=N\N=c2\sc3ccccc3n2C)CC(C)(C)C1. The van der Waals surface area contributed by atoms with E-state index in [9.17, 15) is 0 Å². The molecule has 0 bridgehead atoms. The summed E-state index contributed by atoms with van der Waals surface area (Å²) in [5, 5.41) is 9.12. The smallest absolute Gasteiger partial charge is 0.211 e. The van der Waals surface area contributed by atoms with Crippen LogP contribution in [0.5, 0.6) is 0 Å². The summed E-state index contributed by atoms with van der Waals surface area (Å²) in [4.78, 5) is 0.972. The van der Waals surface area contributed by atoms with E-state index in [1.165, 1.54) is 22.3 Å². The summed E-state index contributed by atoms with van der Waals surface area (Å²) in [5.41, 5.74) is 2.82. The molecule has 1 fully saturated rings. The fourth-order valence-electron chi connectivity index (χ4n) is 3.48. The Hall–Kier alpha value is -1.42. The Morgan fingerprint density at radius 3 is 2.71 bits per heavy atom. The number of benzene rings is 1. The highest BCUT2D eigenvalue weighted by Gasteiger charge is 2.29. The predicted molar refractivity (Wildman–Crippen MR) is 90.6 cm³/mol. The molecule has 0 amide bonds. The van der Waals surface area contributed by atoms with Crippen molar-refractivity contribution in [2.24, 2.45) is 28.6 Å². The monoisotopic (exact) mass is 301 g/mol. The van der Waals surface area contributed by atoms with Gasteiger partial charge in [0.2, 0.25) is 4.80 Å². The fourth-order valence-corrected chi connectivity index (χ4v) is 4.45. The summed E-state index contributed by atoms with van der Waals surface area (Å²) >= 11 is 1.70. The molecule has 0 saturated heterocycles. The number of thiazole rings is 1. The average molecular weight is 301 g/mol. The molecule has 0 spiro atoms. The Morgan fingerprint density at radius 2 is 2.00 bits per heavy atom. The van der Waals surface area contributed by atoms with Gasteiger partial charge in [0.05, 0.1) is 10.2 Å². The van der Waals surface area contributed by atoms with Gasteiger partial charge < -0.3 is 4.57 Å². The normalized spacial score (nSPS) is 24.9. The maximum Gasteiger partial charge on any atom is 0.211 e. The molecule has 1 aliphatic carbocycles. The van der Waals surface area contributed by atoms with E-state index in [1.54, 1.807) is 11.3 Å². The molecule has 1 atom stereocenters. The first-order chi connectivity index (χ1) is 9.94. The van der Waals surface area contributed by atoms with E-state index in [0.29, 0.717) is 11.3 Å². The van der Waals surface area contributed by atoms with E-state index in [-0.39, 0.29) is 0 Å². The Balaban J connectivity index is 1.97.